The van der Waals surface area contributed by atoms with Crippen LogP contribution < -0.4 is 4.87 Å². The predicted octanol–water partition coefficient (Wildman–Crippen LogP) is 1.33. The van der Waals surface area contributed by atoms with Crippen LogP contribution in [0.4, 0.5) is 0 Å². The normalized spacial score (nSPS) is 11.9. The van der Waals surface area contributed by atoms with Gasteiger partial charge in [0.25, 0.3) is 10.0 Å². The van der Waals surface area contributed by atoms with Crippen molar-refractivity contribution in [2.75, 3.05) is 13.1 Å². The molecule has 0 saturated carbocycles. The summed E-state index contributed by atoms with van der Waals surface area (Å²) in [5, 5.41) is 0. The van der Waals surface area contributed by atoms with Crippen LogP contribution in [0.5, 0.6) is 0 Å². The highest BCUT2D eigenvalue weighted by Crippen LogP contribution is 2.21. The summed E-state index contributed by atoms with van der Waals surface area (Å²) in [5.74, 6) is 0. The van der Waals surface area contributed by atoms with Crippen molar-refractivity contribution in [3.05, 3.63) is 28.0 Å². The molecule has 0 saturated heterocycles. The number of aryl methyl sites for hydroxylation is 1. The quantitative estimate of drug-likeness (QED) is 0.797. The molecule has 0 atom stereocenters. The van der Waals surface area contributed by atoms with Gasteiger partial charge in [0.1, 0.15) is 0 Å². The van der Waals surface area contributed by atoms with Gasteiger partial charge in [-0.05, 0) is 13.3 Å². The third-order valence-electron chi connectivity index (χ3n) is 2.16. The second kappa shape index (κ2) is 5.61. The van der Waals surface area contributed by atoms with E-state index in [0.717, 1.165) is 11.3 Å². The maximum absolute atomic E-state index is 12.3. The fraction of sp³-hybridized carbons (Fsp3) is 0.500. The van der Waals surface area contributed by atoms with Crippen molar-refractivity contribution < 1.29 is 8.42 Å². The number of rotatable bonds is 6. The number of hydrogen-bond acceptors (Lipinski definition) is 4. The van der Waals surface area contributed by atoms with E-state index in [0.29, 0.717) is 18.7 Å². The molecule has 0 aliphatic heterocycles. The molecule has 1 rings (SSSR count). The average Bonchev–Trinajstić information content (AvgIpc) is 2.58. The van der Waals surface area contributed by atoms with Crippen LogP contribution in [0.25, 0.3) is 0 Å². The summed E-state index contributed by atoms with van der Waals surface area (Å²) in [6.07, 6.45) is 2.25. The van der Waals surface area contributed by atoms with Crippen molar-refractivity contribution in [2.45, 2.75) is 24.5 Å². The van der Waals surface area contributed by atoms with Crippen molar-refractivity contribution in [3.8, 4) is 0 Å². The molecule has 1 heterocycles. The van der Waals surface area contributed by atoms with Gasteiger partial charge in [-0.3, -0.25) is 4.79 Å². The number of hydrogen-bond donors (Lipinski definition) is 1. The molecule has 0 aromatic carbocycles. The van der Waals surface area contributed by atoms with E-state index in [-0.39, 0.29) is 15.6 Å². The molecule has 1 N–H and O–H groups in total. The van der Waals surface area contributed by atoms with Crippen molar-refractivity contribution >= 4 is 21.4 Å². The number of H-pyrrole nitrogens is 1. The lowest BCUT2D eigenvalue weighted by Gasteiger charge is -2.18. The van der Waals surface area contributed by atoms with Crippen LogP contribution in [0.1, 0.15) is 19.0 Å². The summed E-state index contributed by atoms with van der Waals surface area (Å²) in [6.45, 7) is 7.70. The smallest absolute Gasteiger partial charge is 0.305 e. The SMILES string of the molecule is C=CCN(CCC)S(=O)(=O)c1sc(=O)[nH]c1C. The first-order chi connectivity index (χ1) is 7.93. The van der Waals surface area contributed by atoms with E-state index in [2.05, 4.69) is 11.6 Å². The van der Waals surface area contributed by atoms with Gasteiger partial charge in [0.2, 0.25) is 0 Å². The van der Waals surface area contributed by atoms with Crippen molar-refractivity contribution in [3.63, 3.8) is 0 Å². The van der Waals surface area contributed by atoms with Crippen LogP contribution in [-0.2, 0) is 10.0 Å². The summed E-state index contributed by atoms with van der Waals surface area (Å²) in [4.78, 5) is 13.3. The Morgan fingerprint density at radius 2 is 2.18 bits per heavy atom. The highest BCUT2D eigenvalue weighted by molar-refractivity contribution is 7.91. The van der Waals surface area contributed by atoms with Crippen LogP contribution in [0, 0.1) is 6.92 Å². The molecule has 0 amide bonds. The number of nitrogens with zero attached hydrogens (tertiary/aromatic N) is 1. The topological polar surface area (TPSA) is 70.2 Å². The Morgan fingerprint density at radius 3 is 2.59 bits per heavy atom. The van der Waals surface area contributed by atoms with E-state index in [1.54, 1.807) is 6.92 Å². The predicted molar refractivity (Wildman–Crippen MR) is 68.9 cm³/mol. The third-order valence-corrected chi connectivity index (χ3v) is 5.61. The molecule has 0 spiro atoms. The molecule has 0 aliphatic rings. The van der Waals surface area contributed by atoms with E-state index in [1.165, 1.54) is 10.4 Å². The Balaban J connectivity index is 3.20. The van der Waals surface area contributed by atoms with E-state index in [1.807, 2.05) is 6.92 Å². The molecule has 7 heteroatoms. The lowest BCUT2D eigenvalue weighted by molar-refractivity contribution is 0.442. The fourth-order valence-electron chi connectivity index (χ4n) is 1.46. The molecular formula is C10H16N2O3S2. The number of nitrogens with one attached hydrogen (secondary N) is 1. The second-order valence-electron chi connectivity index (χ2n) is 3.58. The maximum Gasteiger partial charge on any atom is 0.305 e. The van der Waals surface area contributed by atoms with Crippen molar-refractivity contribution in [2.24, 2.45) is 0 Å². The Hall–Kier alpha value is -0.920. The maximum atomic E-state index is 12.3. The lowest BCUT2D eigenvalue weighted by Crippen LogP contribution is -2.31. The fourth-order valence-corrected chi connectivity index (χ4v) is 4.39. The molecule has 0 bridgehead atoms. The minimum absolute atomic E-state index is 0.0952. The molecule has 96 valence electrons. The average molecular weight is 276 g/mol. The first kappa shape index (κ1) is 14.1. The summed E-state index contributed by atoms with van der Waals surface area (Å²) in [6, 6.07) is 0. The molecule has 0 aliphatic carbocycles. The van der Waals surface area contributed by atoms with Crippen LogP contribution >= 0.6 is 11.3 Å². The highest BCUT2D eigenvalue weighted by atomic mass is 32.2. The Bertz CT molecular complexity index is 542. The number of thiazole rings is 1. The third kappa shape index (κ3) is 3.05. The van der Waals surface area contributed by atoms with Gasteiger partial charge in [-0.2, -0.15) is 4.31 Å². The van der Waals surface area contributed by atoms with Gasteiger partial charge < -0.3 is 4.98 Å². The van der Waals surface area contributed by atoms with Gasteiger partial charge in [0.05, 0.1) is 0 Å². The minimum Gasteiger partial charge on any atom is -0.315 e. The lowest BCUT2D eigenvalue weighted by atomic mass is 10.5. The zero-order valence-corrected chi connectivity index (χ0v) is 11.5. The summed E-state index contributed by atoms with van der Waals surface area (Å²) in [7, 11) is -3.59. The Kier molecular flexibility index (Phi) is 4.67. The van der Waals surface area contributed by atoms with E-state index >= 15 is 0 Å². The number of aromatic amines is 1. The van der Waals surface area contributed by atoms with Crippen molar-refractivity contribution in [1.29, 1.82) is 0 Å². The van der Waals surface area contributed by atoms with E-state index < -0.39 is 10.0 Å². The first-order valence-corrected chi connectivity index (χ1v) is 7.50. The van der Waals surface area contributed by atoms with E-state index in [4.69, 9.17) is 0 Å². The Morgan fingerprint density at radius 1 is 1.53 bits per heavy atom. The minimum atomic E-state index is -3.59. The molecular weight excluding hydrogens is 260 g/mol. The zero-order chi connectivity index (χ0) is 13.1. The van der Waals surface area contributed by atoms with Crippen LogP contribution in [0.15, 0.2) is 21.7 Å². The summed E-state index contributed by atoms with van der Waals surface area (Å²) >= 11 is 0.726. The standard InChI is InChI=1S/C10H16N2O3S2/c1-4-6-12(7-5-2)17(14,15)9-8(3)11-10(13)16-9/h4H,1,5-7H2,2-3H3,(H,11,13). The van der Waals surface area contributed by atoms with Gasteiger partial charge in [-0.25, -0.2) is 8.42 Å². The summed E-state index contributed by atoms with van der Waals surface area (Å²) in [5.41, 5.74) is 0.394. The van der Waals surface area contributed by atoms with E-state index in [9.17, 15) is 13.2 Å². The van der Waals surface area contributed by atoms with Gasteiger partial charge in [-0.1, -0.05) is 24.3 Å². The van der Waals surface area contributed by atoms with Crippen LogP contribution in [0.2, 0.25) is 0 Å². The van der Waals surface area contributed by atoms with Gasteiger partial charge >= 0.3 is 4.87 Å². The second-order valence-corrected chi connectivity index (χ2v) is 6.70. The van der Waals surface area contributed by atoms with Gasteiger partial charge in [0, 0.05) is 18.8 Å². The zero-order valence-electron chi connectivity index (χ0n) is 9.89. The number of aromatic nitrogens is 1. The first-order valence-electron chi connectivity index (χ1n) is 5.24. The molecule has 1 aromatic heterocycles. The number of sulfonamides is 1. The highest BCUT2D eigenvalue weighted by Gasteiger charge is 2.27. The van der Waals surface area contributed by atoms with Crippen LogP contribution in [-0.4, -0.2) is 30.8 Å². The van der Waals surface area contributed by atoms with Crippen molar-refractivity contribution in [1.82, 2.24) is 9.29 Å². The Labute approximate surface area is 105 Å². The monoisotopic (exact) mass is 276 g/mol. The molecule has 0 unspecified atom stereocenters. The van der Waals surface area contributed by atoms with Crippen LogP contribution in [0.3, 0.4) is 0 Å². The molecule has 0 radical (unpaired) electrons. The van der Waals surface area contributed by atoms with Gasteiger partial charge in [0.15, 0.2) is 4.21 Å². The van der Waals surface area contributed by atoms with Gasteiger partial charge in [-0.15, -0.1) is 6.58 Å². The molecule has 5 nitrogen and oxygen atoms in total. The summed E-state index contributed by atoms with van der Waals surface area (Å²) < 4.78 is 26.0. The molecule has 17 heavy (non-hydrogen) atoms. The largest absolute Gasteiger partial charge is 0.315 e. The molecule has 0 fully saturated rings. The molecule has 1 aromatic rings.